The number of thioether (sulfide) groups is 1. The third-order valence-corrected chi connectivity index (χ3v) is 5.09. The van der Waals surface area contributed by atoms with E-state index < -0.39 is 0 Å². The summed E-state index contributed by atoms with van der Waals surface area (Å²) in [5, 5.41) is 7.95. The summed E-state index contributed by atoms with van der Waals surface area (Å²) in [4.78, 5) is 14.3. The van der Waals surface area contributed by atoms with Crippen molar-refractivity contribution < 1.29 is 23.7 Å². The number of hydrogen-bond donors (Lipinski definition) is 1. The van der Waals surface area contributed by atoms with Crippen LogP contribution < -0.4 is 14.2 Å². The van der Waals surface area contributed by atoms with Crippen molar-refractivity contribution in [1.29, 1.82) is 5.41 Å². The highest BCUT2D eigenvalue weighted by molar-refractivity contribution is 7.99. The van der Waals surface area contributed by atoms with E-state index in [4.69, 9.17) is 24.4 Å². The minimum Gasteiger partial charge on any atom is -0.493 e. The van der Waals surface area contributed by atoms with Crippen molar-refractivity contribution in [1.82, 2.24) is 4.90 Å². The van der Waals surface area contributed by atoms with Crippen LogP contribution in [0.4, 0.5) is 0 Å². The highest BCUT2D eigenvalue weighted by Gasteiger charge is 2.46. The number of nitrogens with one attached hydrogen (secondary N) is 1. The van der Waals surface area contributed by atoms with Crippen molar-refractivity contribution in [2.75, 3.05) is 32.8 Å². The molecule has 0 bridgehead atoms. The van der Waals surface area contributed by atoms with Crippen molar-refractivity contribution >= 4 is 23.7 Å². The van der Waals surface area contributed by atoms with Crippen molar-refractivity contribution in [3.8, 4) is 17.2 Å². The monoisotopic (exact) mass is 338 g/mol. The van der Waals surface area contributed by atoms with Crippen LogP contribution in [-0.4, -0.2) is 61.8 Å². The van der Waals surface area contributed by atoms with Gasteiger partial charge in [-0.3, -0.25) is 15.1 Å². The average Bonchev–Trinajstić information content (AvgIpc) is 3.12. The summed E-state index contributed by atoms with van der Waals surface area (Å²) in [6, 6.07) is 2.98. The quantitative estimate of drug-likeness (QED) is 0.898. The maximum absolute atomic E-state index is 12.9. The normalized spacial score (nSPS) is 22.6. The average molecular weight is 338 g/mol. The molecule has 0 aliphatic carbocycles. The molecule has 2 aliphatic rings. The summed E-state index contributed by atoms with van der Waals surface area (Å²) in [6.45, 7) is 0. The van der Waals surface area contributed by atoms with Crippen LogP contribution in [0.1, 0.15) is 10.4 Å². The summed E-state index contributed by atoms with van der Waals surface area (Å²) >= 11 is 1.72. The van der Waals surface area contributed by atoms with E-state index in [1.54, 1.807) is 23.9 Å². The fourth-order valence-corrected chi connectivity index (χ4v) is 4.08. The Morgan fingerprint density at radius 3 is 2.43 bits per heavy atom. The summed E-state index contributed by atoms with van der Waals surface area (Å²) in [5.41, 5.74) is 0.366. The first-order valence-corrected chi connectivity index (χ1v) is 8.22. The zero-order chi connectivity index (χ0) is 16.6. The highest BCUT2D eigenvalue weighted by Crippen LogP contribution is 2.39. The number of ether oxygens (including phenoxy) is 4. The molecule has 2 heterocycles. The Morgan fingerprint density at radius 2 is 1.87 bits per heavy atom. The first-order chi connectivity index (χ1) is 11.1. The van der Waals surface area contributed by atoms with Crippen molar-refractivity contribution in [2.45, 2.75) is 12.1 Å². The molecule has 0 radical (unpaired) electrons. The fraction of sp³-hybridized carbons (Fsp3) is 0.467. The molecule has 1 amide bonds. The molecular formula is C15H18N2O5S. The summed E-state index contributed by atoms with van der Waals surface area (Å²) in [7, 11) is 4.50. The third kappa shape index (κ3) is 2.56. The van der Waals surface area contributed by atoms with Gasteiger partial charge in [0.2, 0.25) is 5.75 Å². The molecule has 2 atom stereocenters. The second-order valence-electron chi connectivity index (χ2n) is 5.16. The number of benzene rings is 1. The highest BCUT2D eigenvalue weighted by atomic mass is 32.2. The van der Waals surface area contributed by atoms with Crippen LogP contribution in [0.5, 0.6) is 17.2 Å². The number of rotatable bonds is 4. The van der Waals surface area contributed by atoms with Crippen molar-refractivity contribution in [2.24, 2.45) is 0 Å². The predicted molar refractivity (Wildman–Crippen MR) is 86.0 cm³/mol. The number of nitrogens with zero attached hydrogens (tertiary/aromatic N) is 1. The first-order valence-electron chi connectivity index (χ1n) is 7.07. The maximum Gasteiger partial charge on any atom is 0.292 e. The molecule has 0 aromatic heterocycles. The van der Waals surface area contributed by atoms with E-state index in [1.807, 2.05) is 0 Å². The maximum atomic E-state index is 12.9. The van der Waals surface area contributed by atoms with Gasteiger partial charge in [-0.25, -0.2) is 0 Å². The molecule has 1 N–H and O–H groups in total. The molecule has 3 rings (SSSR count). The molecule has 8 heteroatoms. The zero-order valence-corrected chi connectivity index (χ0v) is 13.9. The molecule has 0 spiro atoms. The molecule has 1 aromatic carbocycles. The Balaban J connectivity index is 1.97. The van der Waals surface area contributed by atoms with Crippen LogP contribution in [0.3, 0.4) is 0 Å². The van der Waals surface area contributed by atoms with Gasteiger partial charge in [0.1, 0.15) is 6.10 Å². The number of amidine groups is 1. The van der Waals surface area contributed by atoms with Gasteiger partial charge < -0.3 is 18.9 Å². The van der Waals surface area contributed by atoms with E-state index in [1.165, 1.54) is 26.2 Å². The number of carbonyl (C=O) groups excluding carboxylic acids is 1. The van der Waals surface area contributed by atoms with Gasteiger partial charge in [0.15, 0.2) is 11.5 Å². The SMILES string of the molecule is COc1cc(C(=O)N2C(=N)O[C@H]3CSC[C@H]32)cc(OC)c1OC. The Morgan fingerprint density at radius 1 is 1.22 bits per heavy atom. The van der Waals surface area contributed by atoms with Crippen LogP contribution in [0.15, 0.2) is 12.1 Å². The first kappa shape index (κ1) is 15.8. The van der Waals surface area contributed by atoms with E-state index in [9.17, 15) is 4.79 Å². The lowest BCUT2D eigenvalue weighted by atomic mass is 10.1. The molecule has 0 saturated carbocycles. The number of hydrogen-bond acceptors (Lipinski definition) is 7. The molecule has 2 saturated heterocycles. The Kier molecular flexibility index (Phi) is 4.25. The van der Waals surface area contributed by atoms with Crippen LogP contribution in [0, 0.1) is 5.41 Å². The zero-order valence-electron chi connectivity index (χ0n) is 13.1. The van der Waals surface area contributed by atoms with E-state index in [-0.39, 0.29) is 24.1 Å². The lowest BCUT2D eigenvalue weighted by Gasteiger charge is -2.20. The third-order valence-electron chi connectivity index (χ3n) is 3.94. The van der Waals surface area contributed by atoms with Crippen molar-refractivity contribution in [3.05, 3.63) is 17.7 Å². The van der Waals surface area contributed by atoms with Crippen LogP contribution >= 0.6 is 11.8 Å². The second-order valence-corrected chi connectivity index (χ2v) is 6.23. The van der Waals surface area contributed by atoms with Gasteiger partial charge in [0.05, 0.1) is 27.4 Å². The van der Waals surface area contributed by atoms with Crippen molar-refractivity contribution in [3.63, 3.8) is 0 Å². The standard InChI is InChI=1S/C15H18N2O5S/c1-19-10-4-8(5-11(20-2)13(10)21-3)14(18)17-9-6-23-7-12(9)22-15(17)16/h4-5,9,12,16H,6-7H2,1-3H3/t9-,12+/m1/s1. The number of carbonyl (C=O) groups is 1. The van der Waals surface area contributed by atoms with Gasteiger partial charge >= 0.3 is 0 Å². The second kappa shape index (κ2) is 6.19. The van der Waals surface area contributed by atoms with Crippen LogP contribution in [-0.2, 0) is 4.74 Å². The largest absolute Gasteiger partial charge is 0.493 e. The summed E-state index contributed by atoms with van der Waals surface area (Å²) in [6.07, 6.45) is -0.0986. The topological polar surface area (TPSA) is 81.1 Å². The Labute approximate surface area is 138 Å². The smallest absolute Gasteiger partial charge is 0.292 e. The minimum absolute atomic E-state index is 0.0981. The number of amides is 1. The molecule has 124 valence electrons. The lowest BCUT2D eigenvalue weighted by molar-refractivity contribution is 0.0822. The van der Waals surface area contributed by atoms with E-state index in [0.29, 0.717) is 22.8 Å². The molecule has 2 fully saturated rings. The van der Waals surface area contributed by atoms with Gasteiger partial charge in [-0.1, -0.05) is 0 Å². The van der Waals surface area contributed by atoms with Gasteiger partial charge in [-0.2, -0.15) is 11.8 Å². The molecular weight excluding hydrogens is 320 g/mol. The minimum atomic E-state index is -0.302. The lowest BCUT2D eigenvalue weighted by Crippen LogP contribution is -2.41. The van der Waals surface area contributed by atoms with Gasteiger partial charge in [0, 0.05) is 17.1 Å². The van der Waals surface area contributed by atoms with Crippen LogP contribution in [0.25, 0.3) is 0 Å². The molecule has 23 heavy (non-hydrogen) atoms. The van der Waals surface area contributed by atoms with E-state index in [2.05, 4.69) is 0 Å². The number of methoxy groups -OCH3 is 3. The Hall–Kier alpha value is -2.09. The summed E-state index contributed by atoms with van der Waals surface area (Å²) in [5.74, 6) is 2.49. The van der Waals surface area contributed by atoms with Gasteiger partial charge in [-0.05, 0) is 12.1 Å². The molecule has 1 aromatic rings. The molecule has 2 aliphatic heterocycles. The van der Waals surface area contributed by atoms with Gasteiger partial charge in [-0.15, -0.1) is 0 Å². The summed E-state index contributed by atoms with van der Waals surface area (Å²) < 4.78 is 21.3. The molecule has 0 unspecified atom stereocenters. The van der Waals surface area contributed by atoms with E-state index >= 15 is 0 Å². The predicted octanol–water partition coefficient (Wildman–Crippen LogP) is 1.60. The number of fused-ring (bicyclic) bond motifs is 1. The van der Waals surface area contributed by atoms with Crippen LogP contribution in [0.2, 0.25) is 0 Å². The fourth-order valence-electron chi connectivity index (χ4n) is 2.81. The van der Waals surface area contributed by atoms with E-state index in [0.717, 1.165) is 11.5 Å². The Bertz CT molecular complexity index is 626. The molecule has 7 nitrogen and oxygen atoms in total. The van der Waals surface area contributed by atoms with Gasteiger partial charge in [0.25, 0.3) is 11.9 Å².